The van der Waals surface area contributed by atoms with Crippen LogP contribution >= 0.6 is 11.8 Å². The van der Waals surface area contributed by atoms with Crippen molar-refractivity contribution in [1.29, 1.82) is 0 Å². The Morgan fingerprint density at radius 3 is 2.62 bits per heavy atom. The highest BCUT2D eigenvalue weighted by Gasteiger charge is 2.39. The van der Waals surface area contributed by atoms with Gasteiger partial charge in [-0.15, -0.1) is 16.8 Å². The van der Waals surface area contributed by atoms with Crippen LogP contribution in [-0.4, -0.2) is 24.9 Å². The molecule has 1 aliphatic rings. The summed E-state index contributed by atoms with van der Waals surface area (Å²) in [4.78, 5) is 14.1. The monoisotopic (exact) mass is 442 g/mol. The first kappa shape index (κ1) is 20.8. The van der Waals surface area contributed by atoms with Crippen LogP contribution in [0.25, 0.3) is 17.0 Å². The molecular weight excluding hydrogens is 416 g/mol. The molecule has 0 unspecified atom stereocenters. The summed E-state index contributed by atoms with van der Waals surface area (Å²) in [5, 5.41) is 9.79. The van der Waals surface area contributed by atoms with E-state index in [9.17, 15) is 4.79 Å². The molecule has 1 aliphatic carbocycles. The maximum Gasteiger partial charge on any atom is 0.259 e. The van der Waals surface area contributed by atoms with Gasteiger partial charge in [0.25, 0.3) is 5.56 Å². The zero-order chi connectivity index (χ0) is 22.3. The van der Waals surface area contributed by atoms with Crippen LogP contribution in [0.15, 0.2) is 77.2 Å². The van der Waals surface area contributed by atoms with Crippen LogP contribution in [0.5, 0.6) is 0 Å². The number of thioether (sulfide) groups is 1. The van der Waals surface area contributed by atoms with Crippen molar-refractivity contribution >= 4 is 17.5 Å². The third-order valence-corrected chi connectivity index (χ3v) is 7.45. The summed E-state index contributed by atoms with van der Waals surface area (Å²) in [6.45, 7) is 8.69. The Labute approximate surface area is 191 Å². The molecule has 0 saturated carbocycles. The van der Waals surface area contributed by atoms with Gasteiger partial charge in [0.15, 0.2) is 5.16 Å². The van der Waals surface area contributed by atoms with Gasteiger partial charge in [-0.25, -0.2) is 0 Å². The fourth-order valence-corrected chi connectivity index (χ4v) is 5.39. The largest absolute Gasteiger partial charge is 0.272 e. The third kappa shape index (κ3) is 3.21. The van der Waals surface area contributed by atoms with Crippen molar-refractivity contribution in [2.75, 3.05) is 5.75 Å². The van der Waals surface area contributed by atoms with E-state index >= 15 is 0 Å². The molecule has 1 atom stereocenters. The number of rotatable bonds is 6. The summed E-state index contributed by atoms with van der Waals surface area (Å²) in [5.74, 6) is 1.30. The number of hydrogen-bond acceptors (Lipinski definition) is 4. The van der Waals surface area contributed by atoms with Crippen LogP contribution in [0.4, 0.5) is 0 Å². The van der Waals surface area contributed by atoms with E-state index in [0.29, 0.717) is 12.3 Å². The molecule has 2 heterocycles. The van der Waals surface area contributed by atoms with Crippen molar-refractivity contribution in [2.24, 2.45) is 0 Å². The standard InChI is InChI=1S/C26H26N4OS/c1-4-15-32-25-28-27-24-29(17-18-11-7-6-8-12-18)23(31)21-22(30(24)25)20-14-10-9-13-19(20)16-26(21,3)5-2/h4,6-14H,1,5,15-17H2,2-3H3/t26-/m0/s1. The minimum absolute atomic E-state index is 0.0304. The second kappa shape index (κ2) is 8.10. The van der Waals surface area contributed by atoms with Gasteiger partial charge in [0, 0.05) is 22.3 Å². The topological polar surface area (TPSA) is 52.2 Å². The lowest BCUT2D eigenvalue weighted by atomic mass is 9.69. The molecule has 2 aromatic heterocycles. The van der Waals surface area contributed by atoms with E-state index in [0.717, 1.165) is 46.1 Å². The fraction of sp³-hybridized carbons (Fsp3) is 0.269. The molecule has 162 valence electrons. The third-order valence-electron chi connectivity index (χ3n) is 6.53. The van der Waals surface area contributed by atoms with E-state index in [2.05, 4.69) is 53.2 Å². The predicted octanol–water partition coefficient (Wildman–Crippen LogP) is 5.11. The van der Waals surface area contributed by atoms with Crippen molar-refractivity contribution < 1.29 is 0 Å². The van der Waals surface area contributed by atoms with Gasteiger partial charge in [0.2, 0.25) is 5.78 Å². The molecular formula is C26H26N4OS. The number of benzene rings is 2. The highest BCUT2D eigenvalue weighted by atomic mass is 32.2. The molecule has 0 N–H and O–H groups in total. The number of hydrogen-bond donors (Lipinski definition) is 0. The first-order valence-corrected chi connectivity index (χ1v) is 11.9. The summed E-state index contributed by atoms with van der Waals surface area (Å²) in [6, 6.07) is 18.5. The van der Waals surface area contributed by atoms with E-state index in [1.165, 1.54) is 5.56 Å². The first-order valence-electron chi connectivity index (χ1n) is 11.0. The van der Waals surface area contributed by atoms with Crippen molar-refractivity contribution in [2.45, 2.75) is 43.8 Å². The Bertz CT molecular complexity index is 1370. The molecule has 32 heavy (non-hydrogen) atoms. The molecule has 0 spiro atoms. The highest BCUT2D eigenvalue weighted by molar-refractivity contribution is 7.99. The smallest absolute Gasteiger partial charge is 0.259 e. The van der Waals surface area contributed by atoms with Crippen molar-refractivity contribution in [3.05, 3.63) is 94.3 Å². The van der Waals surface area contributed by atoms with Gasteiger partial charge < -0.3 is 0 Å². The van der Waals surface area contributed by atoms with E-state index in [1.807, 2.05) is 42.5 Å². The Balaban J connectivity index is 1.89. The Morgan fingerprint density at radius 2 is 1.88 bits per heavy atom. The van der Waals surface area contributed by atoms with Gasteiger partial charge in [-0.05, 0) is 24.0 Å². The van der Waals surface area contributed by atoms with Gasteiger partial charge in [0.05, 0.1) is 12.2 Å². The summed E-state index contributed by atoms with van der Waals surface area (Å²) < 4.78 is 3.89. The molecule has 0 aliphatic heterocycles. The van der Waals surface area contributed by atoms with E-state index in [1.54, 1.807) is 16.3 Å². The van der Waals surface area contributed by atoms with Gasteiger partial charge in [-0.3, -0.25) is 13.8 Å². The lowest BCUT2D eigenvalue weighted by molar-refractivity contribution is 0.435. The minimum Gasteiger partial charge on any atom is -0.272 e. The molecule has 2 aromatic carbocycles. The highest BCUT2D eigenvalue weighted by Crippen LogP contribution is 2.44. The summed E-state index contributed by atoms with van der Waals surface area (Å²) >= 11 is 1.59. The molecule has 0 amide bonds. The lowest BCUT2D eigenvalue weighted by Crippen LogP contribution is -2.40. The maximum absolute atomic E-state index is 14.1. The quantitative estimate of drug-likeness (QED) is 0.308. The average Bonchev–Trinajstić information content (AvgIpc) is 3.24. The van der Waals surface area contributed by atoms with Gasteiger partial charge in [0.1, 0.15) is 0 Å². The van der Waals surface area contributed by atoms with E-state index < -0.39 is 0 Å². The second-order valence-corrected chi connectivity index (χ2v) is 9.55. The summed E-state index contributed by atoms with van der Waals surface area (Å²) in [7, 11) is 0. The Hall–Kier alpha value is -3.12. The fourth-order valence-electron chi connectivity index (χ4n) is 4.72. The molecule has 0 bridgehead atoms. The molecule has 0 fully saturated rings. The molecule has 6 heteroatoms. The number of fused-ring (bicyclic) bond motifs is 5. The molecule has 5 rings (SSSR count). The van der Waals surface area contributed by atoms with Crippen LogP contribution in [0.2, 0.25) is 0 Å². The summed E-state index contributed by atoms with van der Waals surface area (Å²) in [6.07, 6.45) is 3.58. The van der Waals surface area contributed by atoms with Crippen LogP contribution in [0.3, 0.4) is 0 Å². The number of nitrogens with zero attached hydrogens (tertiary/aromatic N) is 4. The van der Waals surface area contributed by atoms with Gasteiger partial charge in [-0.2, -0.15) is 0 Å². The van der Waals surface area contributed by atoms with Crippen LogP contribution in [0.1, 0.15) is 37.0 Å². The maximum atomic E-state index is 14.1. The molecule has 0 saturated heterocycles. The Morgan fingerprint density at radius 1 is 1.12 bits per heavy atom. The van der Waals surface area contributed by atoms with Crippen LogP contribution in [0, 0.1) is 0 Å². The minimum atomic E-state index is -0.266. The number of aromatic nitrogens is 4. The average molecular weight is 443 g/mol. The first-order chi connectivity index (χ1) is 15.6. The van der Waals surface area contributed by atoms with E-state index in [-0.39, 0.29) is 11.0 Å². The Kier molecular flexibility index (Phi) is 5.25. The SMILES string of the molecule is C=CCSc1nnc2n(Cc3ccccc3)c(=O)c3c(n12)-c1ccccc1C[C@]3(C)CC. The molecule has 4 aromatic rings. The zero-order valence-corrected chi connectivity index (χ0v) is 19.2. The van der Waals surface area contributed by atoms with Crippen molar-refractivity contribution in [1.82, 2.24) is 19.2 Å². The van der Waals surface area contributed by atoms with Crippen molar-refractivity contribution in [3.8, 4) is 11.3 Å². The molecule has 0 radical (unpaired) electrons. The lowest BCUT2D eigenvalue weighted by Gasteiger charge is -2.36. The van der Waals surface area contributed by atoms with Crippen LogP contribution in [-0.2, 0) is 18.4 Å². The van der Waals surface area contributed by atoms with Gasteiger partial charge in [-0.1, -0.05) is 86.3 Å². The molecule has 5 nitrogen and oxygen atoms in total. The predicted molar refractivity (Wildman–Crippen MR) is 130 cm³/mol. The van der Waals surface area contributed by atoms with Gasteiger partial charge >= 0.3 is 0 Å². The summed E-state index contributed by atoms with van der Waals surface area (Å²) in [5.41, 5.74) is 5.00. The normalized spacial score (nSPS) is 17.2. The van der Waals surface area contributed by atoms with E-state index in [4.69, 9.17) is 0 Å². The zero-order valence-electron chi connectivity index (χ0n) is 18.4. The van der Waals surface area contributed by atoms with Crippen molar-refractivity contribution in [3.63, 3.8) is 0 Å². The second-order valence-electron chi connectivity index (χ2n) is 8.57. The van der Waals surface area contributed by atoms with Crippen LogP contribution < -0.4 is 5.56 Å².